The van der Waals surface area contributed by atoms with Crippen LogP contribution in [-0.2, 0) is 16.6 Å². The molecule has 0 aliphatic rings. The van der Waals surface area contributed by atoms with Crippen LogP contribution in [0.15, 0.2) is 70.7 Å². The zero-order valence-electron chi connectivity index (χ0n) is 17.9. The summed E-state index contributed by atoms with van der Waals surface area (Å²) in [6, 6.07) is 15.5. The van der Waals surface area contributed by atoms with E-state index in [9.17, 15) is 28.5 Å². The summed E-state index contributed by atoms with van der Waals surface area (Å²) in [6.45, 7) is 2.01. The number of hydrogen-bond acceptors (Lipinski definition) is 7. The van der Waals surface area contributed by atoms with Crippen molar-refractivity contribution in [1.82, 2.24) is 9.73 Å². The molecular weight excluding hydrogens is 446 g/mol. The molecule has 0 spiro atoms. The van der Waals surface area contributed by atoms with Crippen LogP contribution in [0.4, 0.5) is 0 Å². The number of carbonyl (C=O) groups is 1. The van der Waals surface area contributed by atoms with E-state index in [0.717, 1.165) is 11.8 Å². The van der Waals surface area contributed by atoms with E-state index in [0.29, 0.717) is 5.56 Å². The number of aryl methyl sites for hydroxylation is 1. The van der Waals surface area contributed by atoms with E-state index >= 15 is 0 Å². The minimum atomic E-state index is -3.65. The van der Waals surface area contributed by atoms with Crippen molar-refractivity contribution in [2.24, 2.45) is 5.10 Å². The van der Waals surface area contributed by atoms with Crippen molar-refractivity contribution in [3.8, 4) is 17.2 Å². The molecule has 0 fully saturated rings. The number of benzene rings is 3. The molecular formula is C23H23N3O6S. The number of aromatic hydroxyl groups is 3. The van der Waals surface area contributed by atoms with Gasteiger partial charge in [-0.2, -0.15) is 9.41 Å². The third-order valence-electron chi connectivity index (χ3n) is 4.88. The topological polar surface area (TPSA) is 140 Å². The van der Waals surface area contributed by atoms with Crippen molar-refractivity contribution in [3.63, 3.8) is 0 Å². The number of sulfonamides is 1. The molecule has 3 aromatic rings. The maximum absolute atomic E-state index is 12.7. The van der Waals surface area contributed by atoms with Gasteiger partial charge in [0.2, 0.25) is 15.8 Å². The lowest BCUT2D eigenvalue weighted by Gasteiger charge is -2.17. The Kier molecular flexibility index (Phi) is 7.00. The third kappa shape index (κ3) is 5.48. The van der Waals surface area contributed by atoms with Gasteiger partial charge in [-0.3, -0.25) is 4.79 Å². The second-order valence-electron chi connectivity index (χ2n) is 7.34. The van der Waals surface area contributed by atoms with Crippen LogP contribution in [0.3, 0.4) is 0 Å². The Labute approximate surface area is 191 Å². The molecule has 0 saturated carbocycles. The molecule has 1 amide bonds. The first-order valence-electron chi connectivity index (χ1n) is 9.79. The predicted molar refractivity (Wildman–Crippen MR) is 123 cm³/mol. The summed E-state index contributed by atoms with van der Waals surface area (Å²) in [6.07, 6.45) is 1.12. The summed E-state index contributed by atoms with van der Waals surface area (Å²) in [5.41, 5.74) is 4.33. The first-order chi connectivity index (χ1) is 15.6. The van der Waals surface area contributed by atoms with Crippen LogP contribution in [0.1, 0.15) is 27.0 Å². The quantitative estimate of drug-likeness (QED) is 0.238. The summed E-state index contributed by atoms with van der Waals surface area (Å²) >= 11 is 0. The second-order valence-corrected chi connectivity index (χ2v) is 9.39. The lowest BCUT2D eigenvalue weighted by Crippen LogP contribution is -2.26. The Hall–Kier alpha value is -3.89. The second kappa shape index (κ2) is 9.72. The Morgan fingerprint density at radius 3 is 2.24 bits per heavy atom. The fraction of sp³-hybridized carbons (Fsp3) is 0.130. The first kappa shape index (κ1) is 23.8. The van der Waals surface area contributed by atoms with Gasteiger partial charge in [0, 0.05) is 24.7 Å². The summed E-state index contributed by atoms with van der Waals surface area (Å²) in [7, 11) is -2.16. The van der Waals surface area contributed by atoms with Crippen molar-refractivity contribution in [2.45, 2.75) is 18.4 Å². The van der Waals surface area contributed by atoms with Crippen LogP contribution >= 0.6 is 0 Å². The molecule has 4 N–H and O–H groups in total. The Morgan fingerprint density at radius 2 is 1.61 bits per heavy atom. The number of amides is 1. The number of nitrogens with one attached hydrogen (secondary N) is 1. The normalized spacial score (nSPS) is 11.7. The van der Waals surface area contributed by atoms with E-state index < -0.39 is 33.2 Å². The molecule has 3 rings (SSSR count). The van der Waals surface area contributed by atoms with Crippen LogP contribution in [-0.4, -0.2) is 47.2 Å². The summed E-state index contributed by atoms with van der Waals surface area (Å²) in [4.78, 5) is 12.5. The molecule has 0 saturated heterocycles. The molecule has 0 heterocycles. The minimum absolute atomic E-state index is 0.0961. The molecule has 10 heteroatoms. The summed E-state index contributed by atoms with van der Waals surface area (Å²) < 4.78 is 26.7. The highest BCUT2D eigenvalue weighted by Crippen LogP contribution is 2.36. The van der Waals surface area contributed by atoms with Crippen LogP contribution in [0.25, 0.3) is 0 Å². The average Bonchev–Trinajstić information content (AvgIpc) is 2.79. The number of phenols is 3. The smallest absolute Gasteiger partial charge is 0.271 e. The maximum Gasteiger partial charge on any atom is 0.271 e. The average molecular weight is 470 g/mol. The molecule has 0 unspecified atom stereocenters. The highest BCUT2D eigenvalue weighted by molar-refractivity contribution is 7.89. The molecule has 0 aromatic heterocycles. The van der Waals surface area contributed by atoms with Crippen LogP contribution in [0.2, 0.25) is 0 Å². The largest absolute Gasteiger partial charge is 0.504 e. The third-order valence-corrected chi connectivity index (χ3v) is 6.70. The standard InChI is InChI=1S/C23H23N3O6S/c1-15-3-10-19(11-4-15)33(31,32)26(2)14-16-5-7-17(8-6-16)23(30)25-24-13-18-9-12-20(27)22(29)21(18)28/h3-13,27-29H,14H2,1-2H3,(H,25,30)/b24-13+. The predicted octanol–water partition coefficient (Wildman–Crippen LogP) is 2.70. The Balaban J connectivity index is 1.63. The van der Waals surface area contributed by atoms with Gasteiger partial charge >= 0.3 is 0 Å². The number of phenolic OH excluding ortho intramolecular Hbond substituents is 3. The maximum atomic E-state index is 12.7. The number of nitrogens with zero attached hydrogens (tertiary/aromatic N) is 2. The van der Waals surface area contributed by atoms with Gasteiger partial charge in [-0.1, -0.05) is 29.8 Å². The number of hydrazone groups is 1. The van der Waals surface area contributed by atoms with Crippen LogP contribution in [0, 0.1) is 6.92 Å². The zero-order chi connectivity index (χ0) is 24.2. The van der Waals surface area contributed by atoms with Gasteiger partial charge in [0.1, 0.15) is 0 Å². The van der Waals surface area contributed by atoms with Crippen molar-refractivity contribution >= 4 is 22.1 Å². The number of rotatable bonds is 7. The molecule has 3 aromatic carbocycles. The van der Waals surface area contributed by atoms with E-state index in [1.54, 1.807) is 36.4 Å². The van der Waals surface area contributed by atoms with E-state index in [-0.39, 0.29) is 22.6 Å². The van der Waals surface area contributed by atoms with Crippen molar-refractivity contribution in [2.75, 3.05) is 7.05 Å². The summed E-state index contributed by atoms with van der Waals surface area (Å²) in [5.74, 6) is -2.26. The van der Waals surface area contributed by atoms with Crippen molar-refractivity contribution in [3.05, 3.63) is 82.9 Å². The zero-order valence-corrected chi connectivity index (χ0v) is 18.7. The molecule has 9 nitrogen and oxygen atoms in total. The lowest BCUT2D eigenvalue weighted by atomic mass is 10.1. The fourth-order valence-corrected chi connectivity index (χ4v) is 4.07. The van der Waals surface area contributed by atoms with E-state index in [2.05, 4.69) is 10.5 Å². The van der Waals surface area contributed by atoms with Crippen LogP contribution in [0.5, 0.6) is 17.2 Å². The monoisotopic (exact) mass is 469 g/mol. The van der Waals surface area contributed by atoms with E-state index in [1.165, 1.54) is 35.6 Å². The van der Waals surface area contributed by atoms with Gasteiger partial charge in [0.15, 0.2) is 11.5 Å². The molecule has 0 atom stereocenters. The molecule has 0 aliphatic heterocycles. The molecule has 172 valence electrons. The minimum Gasteiger partial charge on any atom is -0.504 e. The van der Waals surface area contributed by atoms with Gasteiger partial charge < -0.3 is 15.3 Å². The van der Waals surface area contributed by atoms with Gasteiger partial charge in [0.05, 0.1) is 11.1 Å². The van der Waals surface area contributed by atoms with Gasteiger partial charge in [-0.05, 0) is 48.9 Å². The summed E-state index contributed by atoms with van der Waals surface area (Å²) in [5, 5.41) is 32.3. The van der Waals surface area contributed by atoms with Gasteiger partial charge in [-0.25, -0.2) is 13.8 Å². The Bertz CT molecular complexity index is 1290. The van der Waals surface area contributed by atoms with E-state index in [4.69, 9.17) is 0 Å². The molecule has 33 heavy (non-hydrogen) atoms. The fourth-order valence-electron chi connectivity index (χ4n) is 2.91. The molecule has 0 bridgehead atoms. The number of hydrogen-bond donors (Lipinski definition) is 4. The lowest BCUT2D eigenvalue weighted by molar-refractivity contribution is 0.0955. The Morgan fingerprint density at radius 1 is 0.970 bits per heavy atom. The van der Waals surface area contributed by atoms with Crippen molar-refractivity contribution in [1.29, 1.82) is 0 Å². The molecule has 0 radical (unpaired) electrons. The van der Waals surface area contributed by atoms with Gasteiger partial charge in [-0.15, -0.1) is 0 Å². The number of carbonyl (C=O) groups excluding carboxylic acids is 1. The van der Waals surface area contributed by atoms with Crippen molar-refractivity contribution < 1.29 is 28.5 Å². The SMILES string of the molecule is Cc1ccc(S(=O)(=O)N(C)Cc2ccc(C(=O)N/N=C/c3ccc(O)c(O)c3O)cc2)cc1. The first-order valence-corrected chi connectivity index (χ1v) is 11.2. The molecule has 0 aliphatic carbocycles. The highest BCUT2D eigenvalue weighted by Gasteiger charge is 2.20. The van der Waals surface area contributed by atoms with E-state index in [1.807, 2.05) is 6.92 Å². The van der Waals surface area contributed by atoms with Crippen LogP contribution < -0.4 is 5.43 Å². The van der Waals surface area contributed by atoms with Gasteiger partial charge in [0.25, 0.3) is 5.91 Å². The highest BCUT2D eigenvalue weighted by atomic mass is 32.2.